The average molecular weight is 326 g/mol. The number of aromatic carboxylic acids is 1. The second-order valence-corrected chi connectivity index (χ2v) is 6.54. The van der Waals surface area contributed by atoms with E-state index in [1.165, 1.54) is 5.56 Å². The number of halogens is 1. The minimum absolute atomic E-state index is 0.0176. The number of rotatable bonds is 2. The fraction of sp³-hybridized carbons (Fsp3) is 0.211. The zero-order chi connectivity index (χ0) is 16.0. The van der Waals surface area contributed by atoms with Crippen molar-refractivity contribution in [2.45, 2.75) is 18.4 Å². The van der Waals surface area contributed by atoms with E-state index in [2.05, 4.69) is 17.5 Å². The third-order valence-electron chi connectivity index (χ3n) is 4.85. The third-order valence-corrected chi connectivity index (χ3v) is 5.09. The molecular weight excluding hydrogens is 310 g/mol. The first kappa shape index (κ1) is 14.3. The highest BCUT2D eigenvalue weighted by atomic mass is 35.5. The summed E-state index contributed by atoms with van der Waals surface area (Å²) < 4.78 is 0. The molecule has 2 aliphatic rings. The lowest BCUT2D eigenvalue weighted by Gasteiger charge is -2.38. The number of nitrogens with one attached hydrogen (secondary N) is 1. The Hall–Kier alpha value is -2.26. The lowest BCUT2D eigenvalue weighted by molar-refractivity contribution is 0.0694. The van der Waals surface area contributed by atoms with Crippen LogP contribution in [0, 0.1) is 5.92 Å². The Morgan fingerprint density at radius 2 is 2.00 bits per heavy atom. The Bertz CT molecular complexity index is 815. The van der Waals surface area contributed by atoms with Gasteiger partial charge in [0.05, 0.1) is 11.6 Å². The molecule has 2 aromatic carbocycles. The quantitative estimate of drug-likeness (QED) is 0.775. The first-order valence-corrected chi connectivity index (χ1v) is 8.08. The van der Waals surface area contributed by atoms with Crippen LogP contribution in [0.15, 0.2) is 54.6 Å². The van der Waals surface area contributed by atoms with Crippen molar-refractivity contribution in [2.24, 2.45) is 5.92 Å². The van der Waals surface area contributed by atoms with Crippen LogP contribution in [0.5, 0.6) is 0 Å². The van der Waals surface area contributed by atoms with E-state index in [0.717, 1.165) is 22.7 Å². The number of benzene rings is 2. The lowest BCUT2D eigenvalue weighted by Crippen LogP contribution is -2.30. The molecule has 0 radical (unpaired) electrons. The summed E-state index contributed by atoms with van der Waals surface area (Å²) in [4.78, 5) is 11.6. The van der Waals surface area contributed by atoms with E-state index < -0.39 is 5.97 Å². The van der Waals surface area contributed by atoms with Crippen LogP contribution in [0.3, 0.4) is 0 Å². The molecule has 0 saturated carbocycles. The molecule has 4 rings (SSSR count). The summed E-state index contributed by atoms with van der Waals surface area (Å²) in [6.45, 7) is 0. The zero-order valence-electron chi connectivity index (χ0n) is 12.4. The maximum Gasteiger partial charge on any atom is 0.336 e. The van der Waals surface area contributed by atoms with Gasteiger partial charge in [0, 0.05) is 16.6 Å². The van der Waals surface area contributed by atoms with Crippen LogP contribution in [0.2, 0.25) is 5.02 Å². The van der Waals surface area contributed by atoms with E-state index in [9.17, 15) is 9.90 Å². The minimum atomic E-state index is -0.883. The van der Waals surface area contributed by atoms with Gasteiger partial charge in [-0.25, -0.2) is 4.79 Å². The van der Waals surface area contributed by atoms with E-state index in [1.807, 2.05) is 30.3 Å². The average Bonchev–Trinajstić information content (AvgIpc) is 3.04. The summed E-state index contributed by atoms with van der Waals surface area (Å²) in [7, 11) is 0. The van der Waals surface area contributed by atoms with Crippen LogP contribution in [0.25, 0.3) is 0 Å². The molecule has 4 heteroatoms. The minimum Gasteiger partial charge on any atom is -0.478 e. The van der Waals surface area contributed by atoms with E-state index in [4.69, 9.17) is 11.6 Å². The van der Waals surface area contributed by atoms with Crippen molar-refractivity contribution < 1.29 is 9.90 Å². The summed E-state index contributed by atoms with van der Waals surface area (Å²) in [5.74, 6) is -0.301. The molecule has 0 fully saturated rings. The summed E-state index contributed by atoms with van der Waals surface area (Å²) in [6, 6.07) is 13.1. The molecular formula is C19H16ClNO2. The predicted molar refractivity (Wildman–Crippen MR) is 91.2 cm³/mol. The molecule has 1 heterocycles. The normalized spacial score (nSPS) is 24.7. The summed E-state index contributed by atoms with van der Waals surface area (Å²) in [6.07, 6.45) is 5.34. The van der Waals surface area contributed by atoms with Crippen LogP contribution in [-0.4, -0.2) is 11.1 Å². The van der Waals surface area contributed by atoms with Crippen molar-refractivity contribution in [2.75, 3.05) is 5.32 Å². The molecule has 0 bridgehead atoms. The molecule has 3 atom stereocenters. The second kappa shape index (κ2) is 5.43. The SMILES string of the molecule is O=C(O)c1ccccc1[C@@H]1Nc2ccc(Cl)cc2[C@H]2C=CC[C@H]21. The van der Waals surface area contributed by atoms with Gasteiger partial charge < -0.3 is 10.4 Å². The molecule has 0 aromatic heterocycles. The summed E-state index contributed by atoms with van der Waals surface area (Å²) >= 11 is 6.16. The highest BCUT2D eigenvalue weighted by molar-refractivity contribution is 6.30. The van der Waals surface area contributed by atoms with Gasteiger partial charge in [-0.3, -0.25) is 0 Å². The Kier molecular flexibility index (Phi) is 3.38. The molecule has 116 valence electrons. The van der Waals surface area contributed by atoms with E-state index in [0.29, 0.717) is 11.5 Å². The molecule has 0 amide bonds. The fourth-order valence-corrected chi connectivity index (χ4v) is 4.02. The Labute approximate surface area is 139 Å². The number of allylic oxidation sites excluding steroid dienone is 2. The maximum atomic E-state index is 11.6. The van der Waals surface area contributed by atoms with Gasteiger partial charge in [-0.05, 0) is 47.7 Å². The second-order valence-electron chi connectivity index (χ2n) is 6.10. The number of carboxylic acids is 1. The van der Waals surface area contributed by atoms with E-state index >= 15 is 0 Å². The predicted octanol–water partition coefficient (Wildman–Crippen LogP) is 4.86. The van der Waals surface area contributed by atoms with Gasteiger partial charge in [0.2, 0.25) is 0 Å². The first-order chi connectivity index (χ1) is 11.1. The number of hydrogen-bond donors (Lipinski definition) is 2. The van der Waals surface area contributed by atoms with Crippen molar-refractivity contribution in [3.05, 3.63) is 76.3 Å². The number of fused-ring (bicyclic) bond motifs is 3. The molecule has 2 aromatic rings. The number of hydrogen-bond acceptors (Lipinski definition) is 2. The van der Waals surface area contributed by atoms with E-state index in [-0.39, 0.29) is 12.0 Å². The molecule has 0 spiro atoms. The van der Waals surface area contributed by atoms with Gasteiger partial charge in [0.25, 0.3) is 0 Å². The van der Waals surface area contributed by atoms with E-state index in [1.54, 1.807) is 12.1 Å². The lowest BCUT2D eigenvalue weighted by atomic mass is 9.76. The topological polar surface area (TPSA) is 49.3 Å². The van der Waals surface area contributed by atoms with Crippen LogP contribution < -0.4 is 5.32 Å². The number of carbonyl (C=O) groups is 1. The molecule has 0 saturated heterocycles. The highest BCUT2D eigenvalue weighted by Crippen LogP contribution is 2.50. The molecule has 3 nitrogen and oxygen atoms in total. The molecule has 2 N–H and O–H groups in total. The first-order valence-electron chi connectivity index (χ1n) is 7.70. The Morgan fingerprint density at radius 1 is 1.17 bits per heavy atom. The number of carboxylic acid groups (broad SMARTS) is 1. The molecule has 0 unspecified atom stereocenters. The van der Waals surface area contributed by atoms with Gasteiger partial charge in [0.15, 0.2) is 0 Å². The van der Waals surface area contributed by atoms with Gasteiger partial charge in [-0.2, -0.15) is 0 Å². The molecule has 23 heavy (non-hydrogen) atoms. The summed E-state index contributed by atoms with van der Waals surface area (Å²) in [5, 5.41) is 13.8. The van der Waals surface area contributed by atoms with Gasteiger partial charge in [-0.1, -0.05) is 42.0 Å². The van der Waals surface area contributed by atoms with Crippen molar-refractivity contribution in [1.29, 1.82) is 0 Å². The van der Waals surface area contributed by atoms with Gasteiger partial charge in [0.1, 0.15) is 0 Å². The van der Waals surface area contributed by atoms with Crippen LogP contribution in [0.1, 0.15) is 39.9 Å². The van der Waals surface area contributed by atoms with Crippen LogP contribution >= 0.6 is 11.6 Å². The fourth-order valence-electron chi connectivity index (χ4n) is 3.84. The highest BCUT2D eigenvalue weighted by Gasteiger charge is 2.39. The van der Waals surface area contributed by atoms with Crippen LogP contribution in [-0.2, 0) is 0 Å². The smallest absolute Gasteiger partial charge is 0.336 e. The van der Waals surface area contributed by atoms with Crippen molar-refractivity contribution in [3.63, 3.8) is 0 Å². The summed E-state index contributed by atoms with van der Waals surface area (Å²) in [5.41, 5.74) is 3.44. The maximum absolute atomic E-state index is 11.6. The van der Waals surface area contributed by atoms with Gasteiger partial charge >= 0.3 is 5.97 Å². The Balaban J connectivity index is 1.83. The molecule has 1 aliphatic heterocycles. The number of anilines is 1. The standard InChI is InChI=1S/C19H16ClNO2/c20-11-8-9-17-16(10-11)12-6-3-7-13(12)18(21-17)14-4-1-2-5-15(14)19(22)23/h1-6,8-10,12-13,18,21H,7H2,(H,22,23)/t12-,13+,18+/m0/s1. The van der Waals surface area contributed by atoms with Crippen molar-refractivity contribution in [3.8, 4) is 0 Å². The van der Waals surface area contributed by atoms with Gasteiger partial charge in [-0.15, -0.1) is 0 Å². The third kappa shape index (κ3) is 2.32. The Morgan fingerprint density at radius 3 is 2.83 bits per heavy atom. The van der Waals surface area contributed by atoms with Crippen LogP contribution in [0.4, 0.5) is 5.69 Å². The monoisotopic (exact) mass is 325 g/mol. The largest absolute Gasteiger partial charge is 0.478 e. The zero-order valence-corrected chi connectivity index (χ0v) is 13.1. The van der Waals surface area contributed by atoms with Crippen molar-refractivity contribution in [1.82, 2.24) is 0 Å². The molecule has 1 aliphatic carbocycles. The van der Waals surface area contributed by atoms with Crippen molar-refractivity contribution >= 4 is 23.3 Å².